The molecule has 1 heterocycles. The van der Waals surface area contributed by atoms with Crippen LogP contribution in [-0.2, 0) is 17.9 Å². The third-order valence-corrected chi connectivity index (χ3v) is 2.85. The maximum Gasteiger partial charge on any atom is 0.141 e. The molecule has 0 radical (unpaired) electrons. The summed E-state index contributed by atoms with van der Waals surface area (Å²) in [4.78, 5) is 4.02. The predicted molar refractivity (Wildman–Crippen MR) is 69.3 cm³/mol. The number of hydrogen-bond donors (Lipinski definition) is 3. The van der Waals surface area contributed by atoms with Gasteiger partial charge in [-0.2, -0.15) is 0 Å². The van der Waals surface area contributed by atoms with Crippen molar-refractivity contribution in [2.45, 2.75) is 27.0 Å². The monoisotopic (exact) mass is 254 g/mol. The highest BCUT2D eigenvalue weighted by Gasteiger charge is 2.11. The Kier molecular flexibility index (Phi) is 6.04. The van der Waals surface area contributed by atoms with E-state index < -0.39 is 0 Å². The van der Waals surface area contributed by atoms with Crippen LogP contribution < -0.4 is 5.32 Å². The first-order valence-electron chi connectivity index (χ1n) is 6.07. The number of aromatic nitrogens is 1. The Hall–Kier alpha value is -1.17. The molecule has 18 heavy (non-hydrogen) atoms. The number of aromatic hydroxyl groups is 1. The Labute approximate surface area is 108 Å². The molecule has 0 bridgehead atoms. The zero-order chi connectivity index (χ0) is 13.5. The van der Waals surface area contributed by atoms with Gasteiger partial charge in [-0.1, -0.05) is 6.92 Å². The number of hydrogen-bond acceptors (Lipinski definition) is 5. The van der Waals surface area contributed by atoms with Crippen molar-refractivity contribution in [3.63, 3.8) is 0 Å². The molecule has 1 aromatic heterocycles. The van der Waals surface area contributed by atoms with E-state index in [1.165, 1.54) is 0 Å². The van der Waals surface area contributed by atoms with Gasteiger partial charge in [-0.15, -0.1) is 0 Å². The summed E-state index contributed by atoms with van der Waals surface area (Å²) in [6.07, 6.45) is 1.60. The second-order valence-electron chi connectivity index (χ2n) is 4.55. The number of pyridine rings is 1. The van der Waals surface area contributed by atoms with Crippen LogP contribution in [0.5, 0.6) is 5.75 Å². The molecule has 0 aromatic carbocycles. The van der Waals surface area contributed by atoms with Crippen LogP contribution in [0.1, 0.15) is 23.7 Å². The predicted octanol–water partition coefficient (Wildman–Crippen LogP) is 0.960. The molecule has 1 unspecified atom stereocenters. The van der Waals surface area contributed by atoms with E-state index in [9.17, 15) is 10.2 Å². The molecular formula is C13H22N2O3. The van der Waals surface area contributed by atoms with Crippen molar-refractivity contribution in [2.24, 2.45) is 5.92 Å². The molecule has 3 N–H and O–H groups in total. The number of ether oxygens (including phenoxy) is 1. The molecule has 5 heteroatoms. The minimum Gasteiger partial charge on any atom is -0.506 e. The van der Waals surface area contributed by atoms with E-state index in [1.807, 2.05) is 0 Å². The number of rotatable bonds is 7. The standard InChI is InChI=1S/C13H22N2O3/c1-9(8-18-3)4-14-6-12-11(7-16)5-15-10(2)13(12)17/h5,9,14,16-17H,4,6-8H2,1-3H3. The zero-order valence-corrected chi connectivity index (χ0v) is 11.2. The molecule has 0 spiro atoms. The third-order valence-electron chi connectivity index (χ3n) is 2.85. The Morgan fingerprint density at radius 1 is 1.50 bits per heavy atom. The van der Waals surface area contributed by atoms with Gasteiger partial charge in [-0.05, 0) is 12.8 Å². The van der Waals surface area contributed by atoms with E-state index in [0.29, 0.717) is 30.3 Å². The SMILES string of the molecule is COCC(C)CNCc1c(CO)cnc(C)c1O. The van der Waals surface area contributed by atoms with Gasteiger partial charge in [-0.3, -0.25) is 4.98 Å². The number of methoxy groups -OCH3 is 1. The van der Waals surface area contributed by atoms with Gasteiger partial charge in [0, 0.05) is 44.1 Å². The molecule has 0 aliphatic rings. The lowest BCUT2D eigenvalue weighted by molar-refractivity contribution is 0.158. The topological polar surface area (TPSA) is 74.6 Å². The Morgan fingerprint density at radius 3 is 2.83 bits per heavy atom. The van der Waals surface area contributed by atoms with E-state index in [1.54, 1.807) is 20.2 Å². The van der Waals surface area contributed by atoms with Crippen molar-refractivity contribution >= 4 is 0 Å². The minimum atomic E-state index is -0.120. The fourth-order valence-corrected chi connectivity index (χ4v) is 1.80. The van der Waals surface area contributed by atoms with Gasteiger partial charge >= 0.3 is 0 Å². The second-order valence-corrected chi connectivity index (χ2v) is 4.55. The number of aliphatic hydroxyl groups is 1. The van der Waals surface area contributed by atoms with Gasteiger partial charge in [0.1, 0.15) is 5.75 Å². The molecule has 5 nitrogen and oxygen atoms in total. The van der Waals surface area contributed by atoms with Crippen LogP contribution in [0.2, 0.25) is 0 Å². The number of nitrogens with zero attached hydrogens (tertiary/aromatic N) is 1. The fraction of sp³-hybridized carbons (Fsp3) is 0.615. The van der Waals surface area contributed by atoms with Crippen molar-refractivity contribution in [1.82, 2.24) is 10.3 Å². The first-order chi connectivity index (χ1) is 8.60. The molecule has 0 fully saturated rings. The number of aliphatic hydroxyl groups excluding tert-OH is 1. The first-order valence-corrected chi connectivity index (χ1v) is 6.07. The molecule has 0 aliphatic carbocycles. The van der Waals surface area contributed by atoms with Crippen molar-refractivity contribution in [3.05, 3.63) is 23.0 Å². The summed E-state index contributed by atoms with van der Waals surface area (Å²) in [5.74, 6) is 0.561. The minimum absolute atomic E-state index is 0.120. The molecular weight excluding hydrogens is 232 g/mol. The Morgan fingerprint density at radius 2 is 2.22 bits per heavy atom. The lowest BCUT2D eigenvalue weighted by Gasteiger charge is -2.14. The average Bonchev–Trinajstić information content (AvgIpc) is 2.35. The van der Waals surface area contributed by atoms with Gasteiger partial charge in [-0.25, -0.2) is 0 Å². The summed E-state index contributed by atoms with van der Waals surface area (Å²) in [5.41, 5.74) is 1.95. The molecule has 1 atom stereocenters. The summed E-state index contributed by atoms with van der Waals surface area (Å²) >= 11 is 0. The van der Waals surface area contributed by atoms with Gasteiger partial charge in [0.2, 0.25) is 0 Å². The summed E-state index contributed by atoms with van der Waals surface area (Å²) in [7, 11) is 1.68. The zero-order valence-electron chi connectivity index (χ0n) is 11.2. The molecule has 0 aliphatic heterocycles. The smallest absolute Gasteiger partial charge is 0.141 e. The lowest BCUT2D eigenvalue weighted by atomic mass is 10.1. The summed E-state index contributed by atoms with van der Waals surface area (Å²) in [6, 6.07) is 0. The van der Waals surface area contributed by atoms with Crippen LogP contribution in [0, 0.1) is 12.8 Å². The van der Waals surface area contributed by atoms with Gasteiger partial charge in [0.25, 0.3) is 0 Å². The van der Waals surface area contributed by atoms with E-state index in [2.05, 4.69) is 17.2 Å². The highest BCUT2D eigenvalue weighted by Crippen LogP contribution is 2.23. The molecule has 102 valence electrons. The third kappa shape index (κ3) is 3.94. The second kappa shape index (κ2) is 7.31. The maximum atomic E-state index is 9.94. The molecule has 0 saturated heterocycles. The first kappa shape index (κ1) is 14.9. The van der Waals surface area contributed by atoms with Crippen molar-refractivity contribution in [2.75, 3.05) is 20.3 Å². The molecule has 1 rings (SSSR count). The van der Waals surface area contributed by atoms with E-state index >= 15 is 0 Å². The van der Waals surface area contributed by atoms with Crippen LogP contribution >= 0.6 is 0 Å². The van der Waals surface area contributed by atoms with E-state index in [-0.39, 0.29) is 12.4 Å². The molecule has 1 aromatic rings. The summed E-state index contributed by atoms with van der Waals surface area (Å²) < 4.78 is 5.05. The quantitative estimate of drug-likeness (QED) is 0.676. The Bertz CT molecular complexity index is 383. The normalized spacial score (nSPS) is 12.7. The summed E-state index contributed by atoms with van der Waals surface area (Å²) in [5, 5.41) is 22.4. The lowest BCUT2D eigenvalue weighted by Crippen LogP contribution is -2.24. The number of aryl methyl sites for hydroxylation is 1. The van der Waals surface area contributed by atoms with E-state index in [4.69, 9.17) is 4.74 Å². The van der Waals surface area contributed by atoms with Crippen molar-refractivity contribution < 1.29 is 14.9 Å². The molecule has 0 amide bonds. The van der Waals surface area contributed by atoms with Crippen LogP contribution in [0.3, 0.4) is 0 Å². The summed E-state index contributed by atoms with van der Waals surface area (Å²) in [6.45, 7) is 5.71. The fourth-order valence-electron chi connectivity index (χ4n) is 1.80. The molecule has 0 saturated carbocycles. The van der Waals surface area contributed by atoms with Gasteiger partial charge in [0.05, 0.1) is 12.3 Å². The average molecular weight is 254 g/mol. The van der Waals surface area contributed by atoms with Crippen LogP contribution in [0.25, 0.3) is 0 Å². The van der Waals surface area contributed by atoms with Gasteiger partial charge < -0.3 is 20.3 Å². The van der Waals surface area contributed by atoms with Crippen molar-refractivity contribution in [3.8, 4) is 5.75 Å². The van der Waals surface area contributed by atoms with Crippen LogP contribution in [0.15, 0.2) is 6.20 Å². The maximum absolute atomic E-state index is 9.94. The van der Waals surface area contributed by atoms with Crippen LogP contribution in [-0.4, -0.2) is 35.5 Å². The highest BCUT2D eigenvalue weighted by atomic mass is 16.5. The number of nitrogens with one attached hydrogen (secondary N) is 1. The van der Waals surface area contributed by atoms with Crippen LogP contribution in [0.4, 0.5) is 0 Å². The Balaban J connectivity index is 2.63. The van der Waals surface area contributed by atoms with E-state index in [0.717, 1.165) is 12.1 Å². The van der Waals surface area contributed by atoms with Crippen molar-refractivity contribution in [1.29, 1.82) is 0 Å². The largest absolute Gasteiger partial charge is 0.506 e. The van der Waals surface area contributed by atoms with Gasteiger partial charge in [0.15, 0.2) is 0 Å². The highest BCUT2D eigenvalue weighted by molar-refractivity contribution is 5.40.